The van der Waals surface area contributed by atoms with E-state index in [9.17, 15) is 25.9 Å². The minimum Gasteiger partial charge on any atom is -0.726 e. The van der Waals surface area contributed by atoms with E-state index >= 15 is 0 Å². The van der Waals surface area contributed by atoms with E-state index in [1.54, 1.807) is 0 Å². The molecule has 0 radical (unpaired) electrons. The molecule has 206 valence electrons. The highest BCUT2D eigenvalue weighted by Gasteiger charge is 2.04. The van der Waals surface area contributed by atoms with Crippen LogP contribution < -0.4 is 9.13 Å². The van der Waals surface area contributed by atoms with Crippen molar-refractivity contribution in [3.05, 3.63) is 92.4 Å². The van der Waals surface area contributed by atoms with Crippen molar-refractivity contribution in [1.29, 1.82) is 0 Å². The zero-order valence-electron chi connectivity index (χ0n) is 20.8. The molecule has 0 saturated heterocycles. The number of hydrogen-bond donors (Lipinski definition) is 0. The number of aryl methyl sites for hydroxylation is 2. The molecule has 0 aliphatic rings. The molecule has 0 N–H and O–H groups in total. The van der Waals surface area contributed by atoms with Crippen LogP contribution in [0.2, 0.25) is 0 Å². The van der Waals surface area contributed by atoms with Gasteiger partial charge in [0.05, 0.1) is 14.2 Å². The lowest BCUT2D eigenvalue weighted by molar-refractivity contribution is -0.671. The summed E-state index contributed by atoms with van der Waals surface area (Å²) >= 11 is 7.38. The van der Waals surface area contributed by atoms with Crippen LogP contribution in [0.5, 0.6) is 0 Å². The third kappa shape index (κ3) is 14.6. The average Bonchev–Trinajstić information content (AvgIpc) is 2.85. The van der Waals surface area contributed by atoms with Crippen molar-refractivity contribution in [3.63, 3.8) is 0 Å². The molecule has 14 heteroatoms. The van der Waals surface area contributed by atoms with Gasteiger partial charge in [-0.05, 0) is 34.4 Å². The second-order valence-corrected chi connectivity index (χ2v) is 11.3. The predicted octanol–water partition coefficient (Wildman–Crippen LogP) is 3.39. The van der Waals surface area contributed by atoms with Gasteiger partial charge in [0.1, 0.15) is 14.1 Å². The van der Waals surface area contributed by atoms with Crippen LogP contribution in [0, 0.1) is 0 Å². The summed E-state index contributed by atoms with van der Waals surface area (Å²) in [5.74, 6) is 0. The fourth-order valence-corrected chi connectivity index (χ4v) is 3.44. The Balaban J connectivity index is 0.000000503. The zero-order chi connectivity index (χ0) is 28.9. The molecule has 0 spiro atoms. The van der Waals surface area contributed by atoms with Crippen LogP contribution >= 0.6 is 31.9 Å². The maximum atomic E-state index is 9.22. The second kappa shape index (κ2) is 16.0. The first-order valence-corrected chi connectivity index (χ1v) is 14.7. The lowest BCUT2D eigenvalue weighted by Crippen LogP contribution is -2.25. The third-order valence-corrected chi connectivity index (χ3v) is 6.63. The lowest BCUT2D eigenvalue weighted by Gasteiger charge is -2.05. The number of rotatable bonds is 6. The monoisotopic (exact) mass is 692 g/mol. The molecule has 38 heavy (non-hydrogen) atoms. The highest BCUT2D eigenvalue weighted by molar-refractivity contribution is 9.11. The molecule has 2 heterocycles. The quantitative estimate of drug-likeness (QED) is 0.218. The fraction of sp³-hybridized carbons (Fsp3) is 0.167. The van der Waals surface area contributed by atoms with Gasteiger partial charge in [-0.15, -0.1) is 0 Å². The summed E-state index contributed by atoms with van der Waals surface area (Å²) in [7, 11) is -3.17. The maximum absolute atomic E-state index is 9.22. The highest BCUT2D eigenvalue weighted by atomic mass is 79.9. The van der Waals surface area contributed by atoms with Gasteiger partial charge in [-0.3, -0.25) is 8.37 Å². The van der Waals surface area contributed by atoms with E-state index in [2.05, 4.69) is 101 Å². The molecule has 0 saturated carbocycles. The van der Waals surface area contributed by atoms with Crippen LogP contribution in [0.25, 0.3) is 24.3 Å². The van der Waals surface area contributed by atoms with Gasteiger partial charge in [-0.1, -0.05) is 56.2 Å². The van der Waals surface area contributed by atoms with Crippen molar-refractivity contribution in [2.45, 2.75) is 0 Å². The second-order valence-electron chi connectivity index (χ2n) is 7.31. The minimum atomic E-state index is -4.41. The topological polar surface area (TPSA) is 141 Å². The van der Waals surface area contributed by atoms with Gasteiger partial charge in [0.2, 0.25) is 20.8 Å². The summed E-state index contributed by atoms with van der Waals surface area (Å²) < 4.78 is 68.2. The largest absolute Gasteiger partial charge is 0.726 e. The van der Waals surface area contributed by atoms with Gasteiger partial charge in [0.25, 0.3) is 0 Å². The summed E-state index contributed by atoms with van der Waals surface area (Å²) in [6, 6.07) is 12.6. The van der Waals surface area contributed by atoms with Gasteiger partial charge in [-0.25, -0.2) is 26.0 Å². The summed E-state index contributed by atoms with van der Waals surface area (Å²) in [4.78, 5) is 0. The summed E-state index contributed by atoms with van der Waals surface area (Å²) in [5, 5.41) is 0. The lowest BCUT2D eigenvalue weighted by atomic mass is 10.1. The Morgan fingerprint density at radius 2 is 0.921 bits per heavy atom. The van der Waals surface area contributed by atoms with Crippen molar-refractivity contribution in [3.8, 4) is 0 Å². The number of nitrogens with zero attached hydrogens (tertiary/aromatic N) is 2. The molecule has 1 aromatic carbocycles. The standard InChI is InChI=1S/C22H20Br2N2.2CH4O4S/c1-25-11-7-17(8-12-25)3-5-19-15-22(24)20(16-21(19)23)6-4-18-9-13-26(2)14-10-18;2*1-5-6(2,3)4/h3-16H,1-2H3;2*1H3,(H,2,3,4)/q+2;;/p-2/b5-3+,6-4+;;. The molecule has 0 aliphatic heterocycles. The maximum Gasteiger partial charge on any atom is 0.217 e. The van der Waals surface area contributed by atoms with Crippen LogP contribution in [0.4, 0.5) is 0 Å². The zero-order valence-corrected chi connectivity index (χ0v) is 25.6. The molecule has 10 nitrogen and oxygen atoms in total. The molecule has 0 unspecified atom stereocenters. The van der Waals surface area contributed by atoms with Gasteiger partial charge in [0, 0.05) is 33.2 Å². The number of pyridine rings is 2. The van der Waals surface area contributed by atoms with Crippen molar-refractivity contribution in [2.75, 3.05) is 14.2 Å². The Bertz CT molecular complexity index is 1350. The number of halogens is 2. The minimum absolute atomic E-state index is 0.808. The van der Waals surface area contributed by atoms with Crippen molar-refractivity contribution in [2.24, 2.45) is 14.1 Å². The Labute approximate surface area is 240 Å². The van der Waals surface area contributed by atoms with Crippen LogP contribution in [-0.4, -0.2) is 40.2 Å². The average molecular weight is 694 g/mol. The van der Waals surface area contributed by atoms with Gasteiger partial charge < -0.3 is 9.11 Å². The summed E-state index contributed by atoms with van der Waals surface area (Å²) in [5.41, 5.74) is 4.61. The first-order valence-electron chi connectivity index (χ1n) is 10.4. The Kier molecular flexibility index (Phi) is 14.2. The Morgan fingerprint density at radius 1 is 0.658 bits per heavy atom. The van der Waals surface area contributed by atoms with Gasteiger partial charge >= 0.3 is 0 Å². The molecule has 0 fully saturated rings. The number of benzene rings is 1. The van der Waals surface area contributed by atoms with E-state index in [4.69, 9.17) is 0 Å². The van der Waals surface area contributed by atoms with E-state index < -0.39 is 20.8 Å². The van der Waals surface area contributed by atoms with E-state index in [1.807, 2.05) is 48.0 Å². The normalized spacial score (nSPS) is 11.6. The smallest absolute Gasteiger partial charge is 0.217 e. The Morgan fingerprint density at radius 3 is 1.16 bits per heavy atom. The highest BCUT2D eigenvalue weighted by Crippen LogP contribution is 2.29. The predicted molar refractivity (Wildman–Crippen MR) is 148 cm³/mol. The fourth-order valence-electron chi connectivity index (χ4n) is 2.45. The summed E-state index contributed by atoms with van der Waals surface area (Å²) in [6.07, 6.45) is 16.6. The number of hydrogen-bond acceptors (Lipinski definition) is 8. The van der Waals surface area contributed by atoms with Crippen LogP contribution in [0.15, 0.2) is 70.1 Å². The molecule has 3 aromatic rings. The summed E-state index contributed by atoms with van der Waals surface area (Å²) in [6.45, 7) is 0. The first-order chi connectivity index (χ1) is 17.6. The SMILES string of the molecule is COS(=O)(=O)[O-].COS(=O)(=O)[O-].C[n+]1ccc(/C=C/c2cc(Br)c(/C=C/c3cc[n+](C)cc3)cc2Br)cc1. The molecule has 0 amide bonds. The molecule has 0 aliphatic carbocycles. The molecular weight excluding hydrogens is 668 g/mol. The first kappa shape index (κ1) is 33.7. The molecule has 0 atom stereocenters. The molecular formula is C24H26Br2N2O8S2. The third-order valence-electron chi connectivity index (χ3n) is 4.44. The van der Waals surface area contributed by atoms with E-state index in [0.717, 1.165) is 34.3 Å². The van der Waals surface area contributed by atoms with E-state index in [-0.39, 0.29) is 0 Å². The van der Waals surface area contributed by atoms with Gasteiger partial charge in [-0.2, -0.15) is 0 Å². The number of aromatic nitrogens is 2. The van der Waals surface area contributed by atoms with Crippen LogP contribution in [0.1, 0.15) is 22.3 Å². The van der Waals surface area contributed by atoms with Gasteiger partial charge in [0.15, 0.2) is 24.8 Å². The van der Waals surface area contributed by atoms with Crippen molar-refractivity contribution < 1.29 is 43.4 Å². The van der Waals surface area contributed by atoms with Crippen LogP contribution in [0.3, 0.4) is 0 Å². The Hall–Kier alpha value is -2.30. The van der Waals surface area contributed by atoms with Crippen LogP contribution in [-0.2, 0) is 43.3 Å². The van der Waals surface area contributed by atoms with Crippen molar-refractivity contribution in [1.82, 2.24) is 0 Å². The molecule has 3 rings (SSSR count). The molecule has 0 bridgehead atoms. The van der Waals surface area contributed by atoms with E-state index in [1.165, 1.54) is 11.1 Å². The molecule has 2 aromatic heterocycles. The van der Waals surface area contributed by atoms with Crippen molar-refractivity contribution >= 4 is 77.0 Å². The van der Waals surface area contributed by atoms with E-state index in [0.29, 0.717) is 0 Å².